The molecule has 23 heavy (non-hydrogen) atoms. The van der Waals surface area contributed by atoms with Gasteiger partial charge in [-0.2, -0.15) is 0 Å². The van der Waals surface area contributed by atoms with Crippen molar-refractivity contribution in [1.29, 1.82) is 0 Å². The minimum Gasteiger partial charge on any atom is -0.481 e. The number of carboxylic acids is 1. The Morgan fingerprint density at radius 1 is 1.30 bits per heavy atom. The van der Waals surface area contributed by atoms with Crippen molar-refractivity contribution < 1.29 is 9.90 Å². The lowest BCUT2D eigenvalue weighted by Crippen LogP contribution is -2.29. The predicted octanol–water partition coefficient (Wildman–Crippen LogP) is 3.96. The number of thiazole rings is 1. The molecule has 0 saturated carbocycles. The fraction of sp³-hybridized carbons (Fsp3) is 0.444. The fourth-order valence-electron chi connectivity index (χ4n) is 2.43. The van der Waals surface area contributed by atoms with E-state index in [1.165, 1.54) is 5.56 Å². The second kappa shape index (κ2) is 8.22. The van der Waals surface area contributed by atoms with E-state index in [4.69, 9.17) is 0 Å². The Kier molecular flexibility index (Phi) is 6.30. The smallest absolute Gasteiger partial charge is 0.307 e. The molecule has 0 saturated heterocycles. The summed E-state index contributed by atoms with van der Waals surface area (Å²) in [4.78, 5) is 16.8. The van der Waals surface area contributed by atoms with Crippen LogP contribution >= 0.6 is 11.3 Å². The highest BCUT2D eigenvalue weighted by Gasteiger charge is 2.18. The van der Waals surface area contributed by atoms with E-state index in [0.29, 0.717) is 25.4 Å². The van der Waals surface area contributed by atoms with Crippen molar-refractivity contribution in [2.45, 2.75) is 33.7 Å². The summed E-state index contributed by atoms with van der Waals surface area (Å²) in [5.74, 6) is -0.676. The maximum absolute atomic E-state index is 11.2. The molecule has 1 unspecified atom stereocenters. The van der Waals surface area contributed by atoms with Gasteiger partial charge in [-0.25, -0.2) is 4.98 Å². The van der Waals surface area contributed by atoms with Crippen LogP contribution in [0.4, 0.5) is 0 Å². The van der Waals surface area contributed by atoms with E-state index < -0.39 is 5.97 Å². The summed E-state index contributed by atoms with van der Waals surface area (Å²) in [6, 6.07) is 8.32. The van der Waals surface area contributed by atoms with Gasteiger partial charge in [0.1, 0.15) is 5.01 Å². The third-order valence-electron chi connectivity index (χ3n) is 3.65. The Labute approximate surface area is 141 Å². The van der Waals surface area contributed by atoms with Crippen LogP contribution in [0.1, 0.15) is 30.7 Å². The highest BCUT2D eigenvalue weighted by molar-refractivity contribution is 7.15. The molecule has 0 amide bonds. The first-order valence-electron chi connectivity index (χ1n) is 7.91. The molecule has 1 heterocycles. The molecule has 0 radical (unpaired) electrons. The Morgan fingerprint density at radius 2 is 2.00 bits per heavy atom. The SMILES string of the molecule is Cc1ccc(-c2ncc(CNCC(CC(C)C)C(=O)O)s2)cc1. The number of aromatic nitrogens is 1. The van der Waals surface area contributed by atoms with E-state index in [-0.39, 0.29) is 5.92 Å². The number of nitrogens with one attached hydrogen (secondary N) is 1. The van der Waals surface area contributed by atoms with Gasteiger partial charge in [-0.05, 0) is 19.3 Å². The lowest BCUT2D eigenvalue weighted by atomic mass is 9.97. The number of benzene rings is 1. The van der Waals surface area contributed by atoms with Gasteiger partial charge in [-0.3, -0.25) is 4.79 Å². The second-order valence-electron chi connectivity index (χ2n) is 6.29. The van der Waals surface area contributed by atoms with Crippen molar-refractivity contribution in [2.24, 2.45) is 11.8 Å². The van der Waals surface area contributed by atoms with Crippen LogP contribution < -0.4 is 5.32 Å². The molecule has 4 nitrogen and oxygen atoms in total. The van der Waals surface area contributed by atoms with E-state index in [1.807, 2.05) is 20.0 Å². The zero-order chi connectivity index (χ0) is 16.8. The number of carboxylic acid groups (broad SMARTS) is 1. The third-order valence-corrected chi connectivity index (χ3v) is 4.69. The van der Waals surface area contributed by atoms with Crippen LogP contribution in [0.25, 0.3) is 10.6 Å². The Balaban J connectivity index is 1.89. The van der Waals surface area contributed by atoms with E-state index in [2.05, 4.69) is 41.5 Å². The summed E-state index contributed by atoms with van der Waals surface area (Å²) in [7, 11) is 0. The van der Waals surface area contributed by atoms with Crippen LogP contribution in [-0.2, 0) is 11.3 Å². The summed E-state index contributed by atoms with van der Waals surface area (Å²) >= 11 is 1.64. The van der Waals surface area contributed by atoms with Gasteiger partial charge < -0.3 is 10.4 Å². The first-order chi connectivity index (χ1) is 11.0. The van der Waals surface area contributed by atoms with Gasteiger partial charge in [0.05, 0.1) is 5.92 Å². The van der Waals surface area contributed by atoms with Crippen LogP contribution in [-0.4, -0.2) is 22.6 Å². The minimum atomic E-state index is -0.726. The fourth-order valence-corrected chi connectivity index (χ4v) is 3.32. The van der Waals surface area contributed by atoms with Gasteiger partial charge in [0.2, 0.25) is 0 Å². The van der Waals surface area contributed by atoms with E-state index >= 15 is 0 Å². The van der Waals surface area contributed by atoms with Gasteiger partial charge in [0.15, 0.2) is 0 Å². The van der Waals surface area contributed by atoms with E-state index in [9.17, 15) is 9.90 Å². The lowest BCUT2D eigenvalue weighted by molar-refractivity contribution is -0.142. The van der Waals surface area contributed by atoms with Gasteiger partial charge in [-0.1, -0.05) is 43.7 Å². The largest absolute Gasteiger partial charge is 0.481 e. The molecule has 0 spiro atoms. The number of nitrogens with zero attached hydrogens (tertiary/aromatic N) is 1. The molecule has 0 aliphatic carbocycles. The van der Waals surface area contributed by atoms with Crippen LogP contribution in [0.2, 0.25) is 0 Å². The topological polar surface area (TPSA) is 62.2 Å². The molecule has 0 bridgehead atoms. The summed E-state index contributed by atoms with van der Waals surface area (Å²) in [5.41, 5.74) is 2.35. The Morgan fingerprint density at radius 3 is 2.61 bits per heavy atom. The number of carbonyl (C=O) groups is 1. The molecule has 0 aliphatic rings. The quantitative estimate of drug-likeness (QED) is 0.768. The summed E-state index contributed by atoms with van der Waals surface area (Å²) in [6.07, 6.45) is 2.56. The first-order valence-corrected chi connectivity index (χ1v) is 8.72. The van der Waals surface area contributed by atoms with Crippen LogP contribution in [0.15, 0.2) is 30.5 Å². The van der Waals surface area contributed by atoms with Crippen molar-refractivity contribution in [1.82, 2.24) is 10.3 Å². The van der Waals surface area contributed by atoms with Crippen molar-refractivity contribution >= 4 is 17.3 Å². The summed E-state index contributed by atoms with van der Waals surface area (Å²) in [5, 5.41) is 13.5. The lowest BCUT2D eigenvalue weighted by Gasteiger charge is -2.14. The molecule has 0 fully saturated rings. The zero-order valence-corrected chi connectivity index (χ0v) is 14.7. The normalized spacial score (nSPS) is 12.5. The van der Waals surface area contributed by atoms with Gasteiger partial charge in [0.25, 0.3) is 0 Å². The number of aryl methyl sites for hydroxylation is 1. The molecule has 1 aromatic heterocycles. The van der Waals surface area contributed by atoms with E-state index in [1.54, 1.807) is 11.3 Å². The van der Waals surface area contributed by atoms with Gasteiger partial charge in [-0.15, -0.1) is 11.3 Å². The molecule has 2 aromatic rings. The second-order valence-corrected chi connectivity index (χ2v) is 7.41. The van der Waals surface area contributed by atoms with Crippen molar-refractivity contribution in [3.63, 3.8) is 0 Å². The molecular formula is C18H24N2O2S. The molecule has 5 heteroatoms. The molecule has 124 valence electrons. The van der Waals surface area contributed by atoms with E-state index in [0.717, 1.165) is 15.4 Å². The summed E-state index contributed by atoms with van der Waals surface area (Å²) < 4.78 is 0. The van der Waals surface area contributed by atoms with Gasteiger partial charge >= 0.3 is 5.97 Å². The van der Waals surface area contributed by atoms with Crippen molar-refractivity contribution in [3.05, 3.63) is 40.9 Å². The maximum atomic E-state index is 11.2. The maximum Gasteiger partial charge on any atom is 0.307 e. The molecule has 2 N–H and O–H groups in total. The van der Waals surface area contributed by atoms with Crippen LogP contribution in [0.5, 0.6) is 0 Å². The number of aliphatic carboxylic acids is 1. The number of hydrogen-bond acceptors (Lipinski definition) is 4. The summed E-state index contributed by atoms with van der Waals surface area (Å²) in [6.45, 7) is 7.31. The molecule has 1 aromatic carbocycles. The van der Waals surface area contributed by atoms with Crippen molar-refractivity contribution in [3.8, 4) is 10.6 Å². The monoisotopic (exact) mass is 332 g/mol. The van der Waals surface area contributed by atoms with Crippen molar-refractivity contribution in [2.75, 3.05) is 6.54 Å². The molecule has 2 rings (SSSR count). The highest BCUT2D eigenvalue weighted by Crippen LogP contribution is 2.25. The number of hydrogen-bond donors (Lipinski definition) is 2. The van der Waals surface area contributed by atoms with Crippen LogP contribution in [0.3, 0.4) is 0 Å². The minimum absolute atomic E-state index is 0.334. The third kappa shape index (κ3) is 5.44. The molecular weight excluding hydrogens is 308 g/mol. The van der Waals surface area contributed by atoms with Gasteiger partial charge in [0, 0.05) is 29.7 Å². The molecule has 1 atom stereocenters. The average Bonchev–Trinajstić information content (AvgIpc) is 2.95. The highest BCUT2D eigenvalue weighted by atomic mass is 32.1. The molecule has 0 aliphatic heterocycles. The number of rotatable bonds is 8. The Bertz CT molecular complexity index is 635. The predicted molar refractivity (Wildman–Crippen MR) is 94.6 cm³/mol. The zero-order valence-electron chi connectivity index (χ0n) is 13.9. The van der Waals surface area contributed by atoms with Crippen LogP contribution in [0, 0.1) is 18.8 Å². The standard InChI is InChI=1S/C18H24N2O2S/c1-12(2)8-15(18(21)22)9-19-10-16-11-20-17(23-16)14-6-4-13(3)5-7-14/h4-7,11-12,15,19H,8-10H2,1-3H3,(H,21,22). The average molecular weight is 332 g/mol. The Hall–Kier alpha value is -1.72. The first kappa shape index (κ1) is 17.6.